The maximum atomic E-state index is 13.8. The zero-order chi connectivity index (χ0) is 21.6. The number of hydrogen-bond donors (Lipinski definition) is 2. The fourth-order valence-electron chi connectivity index (χ4n) is 2.54. The summed E-state index contributed by atoms with van der Waals surface area (Å²) in [6.45, 7) is 0.372. The second-order valence-corrected chi connectivity index (χ2v) is 8.24. The molecule has 0 heterocycles. The molecule has 3 aromatic carbocycles. The SMILES string of the molecule is O=C(NCCOc1ccccc1Cl)c1cccc(S(=O)(=O)Nc2ccccc2F)c1. The lowest BCUT2D eigenvalue weighted by molar-refractivity contribution is 0.0947. The van der Waals surface area contributed by atoms with E-state index in [1.165, 1.54) is 42.5 Å². The van der Waals surface area contributed by atoms with Gasteiger partial charge in [-0.05, 0) is 42.5 Å². The largest absolute Gasteiger partial charge is 0.490 e. The quantitative estimate of drug-likeness (QED) is 0.508. The molecule has 0 atom stereocenters. The molecule has 0 aliphatic carbocycles. The van der Waals surface area contributed by atoms with Crippen LogP contribution in [0.3, 0.4) is 0 Å². The first-order valence-electron chi connectivity index (χ1n) is 8.90. The van der Waals surface area contributed by atoms with Gasteiger partial charge in [0.2, 0.25) is 0 Å². The van der Waals surface area contributed by atoms with Crippen LogP contribution in [-0.4, -0.2) is 27.5 Å². The summed E-state index contributed by atoms with van der Waals surface area (Å²) in [6.07, 6.45) is 0. The van der Waals surface area contributed by atoms with Gasteiger partial charge in [0.1, 0.15) is 18.2 Å². The van der Waals surface area contributed by atoms with Crippen molar-refractivity contribution >= 4 is 33.2 Å². The maximum Gasteiger partial charge on any atom is 0.262 e. The summed E-state index contributed by atoms with van der Waals surface area (Å²) in [5, 5.41) is 3.11. The highest BCUT2D eigenvalue weighted by atomic mass is 35.5. The maximum absolute atomic E-state index is 13.8. The number of halogens is 2. The summed E-state index contributed by atoms with van der Waals surface area (Å²) in [7, 11) is -4.07. The minimum absolute atomic E-state index is 0.143. The Labute approximate surface area is 178 Å². The second kappa shape index (κ2) is 9.60. The van der Waals surface area contributed by atoms with Gasteiger partial charge < -0.3 is 10.1 Å². The summed E-state index contributed by atoms with van der Waals surface area (Å²) in [5.41, 5.74) is -0.0340. The van der Waals surface area contributed by atoms with E-state index >= 15 is 0 Å². The monoisotopic (exact) mass is 448 g/mol. The van der Waals surface area contributed by atoms with E-state index in [0.29, 0.717) is 10.8 Å². The van der Waals surface area contributed by atoms with Crippen LogP contribution in [0.5, 0.6) is 5.75 Å². The van der Waals surface area contributed by atoms with Crippen LogP contribution in [0.25, 0.3) is 0 Å². The molecule has 0 saturated heterocycles. The minimum Gasteiger partial charge on any atom is -0.490 e. The van der Waals surface area contributed by atoms with Gasteiger partial charge in [-0.3, -0.25) is 9.52 Å². The predicted molar refractivity (Wildman–Crippen MR) is 113 cm³/mol. The van der Waals surface area contributed by atoms with Gasteiger partial charge in [0.25, 0.3) is 15.9 Å². The van der Waals surface area contributed by atoms with E-state index in [-0.39, 0.29) is 29.3 Å². The molecule has 0 radical (unpaired) electrons. The van der Waals surface area contributed by atoms with E-state index in [2.05, 4.69) is 10.0 Å². The molecule has 30 heavy (non-hydrogen) atoms. The van der Waals surface area contributed by atoms with Crippen LogP contribution in [-0.2, 0) is 10.0 Å². The van der Waals surface area contributed by atoms with E-state index < -0.39 is 21.7 Å². The smallest absolute Gasteiger partial charge is 0.262 e. The zero-order valence-corrected chi connectivity index (χ0v) is 17.2. The number of carbonyl (C=O) groups is 1. The highest BCUT2D eigenvalue weighted by molar-refractivity contribution is 7.92. The van der Waals surface area contributed by atoms with Crippen LogP contribution in [0.4, 0.5) is 10.1 Å². The highest BCUT2D eigenvalue weighted by Crippen LogP contribution is 2.23. The molecule has 6 nitrogen and oxygen atoms in total. The van der Waals surface area contributed by atoms with Crippen molar-refractivity contribution in [1.29, 1.82) is 0 Å². The van der Waals surface area contributed by atoms with Crippen molar-refractivity contribution in [2.45, 2.75) is 4.90 Å². The first-order valence-corrected chi connectivity index (χ1v) is 10.8. The molecule has 9 heteroatoms. The summed E-state index contributed by atoms with van der Waals surface area (Å²) >= 11 is 5.99. The number of hydrogen-bond acceptors (Lipinski definition) is 4. The van der Waals surface area contributed by atoms with Gasteiger partial charge in [0.05, 0.1) is 22.2 Å². The summed E-state index contributed by atoms with van der Waals surface area (Å²) in [5.74, 6) is -0.671. The number of amides is 1. The Bertz CT molecular complexity index is 1160. The van der Waals surface area contributed by atoms with Crippen molar-refractivity contribution in [3.63, 3.8) is 0 Å². The summed E-state index contributed by atoms with van der Waals surface area (Å²) in [4.78, 5) is 12.2. The Morgan fingerprint density at radius 3 is 2.50 bits per heavy atom. The lowest BCUT2D eigenvalue weighted by Gasteiger charge is -2.11. The van der Waals surface area contributed by atoms with Gasteiger partial charge in [-0.25, -0.2) is 12.8 Å². The molecule has 3 aromatic rings. The van der Waals surface area contributed by atoms with Crippen LogP contribution < -0.4 is 14.8 Å². The third-order valence-electron chi connectivity index (χ3n) is 4.01. The fourth-order valence-corrected chi connectivity index (χ4v) is 3.84. The average molecular weight is 449 g/mol. The van der Waals surface area contributed by atoms with Crippen molar-refractivity contribution in [3.05, 3.63) is 89.2 Å². The number of nitrogens with one attached hydrogen (secondary N) is 2. The first kappa shape index (κ1) is 21.6. The van der Waals surface area contributed by atoms with Crippen molar-refractivity contribution in [3.8, 4) is 5.75 Å². The Hall–Kier alpha value is -3.10. The summed E-state index contributed by atoms with van der Waals surface area (Å²) in [6, 6.07) is 17.8. The number of rotatable bonds is 8. The van der Waals surface area contributed by atoms with E-state index in [4.69, 9.17) is 16.3 Å². The molecule has 0 aliphatic rings. The van der Waals surface area contributed by atoms with E-state index in [1.807, 2.05) is 0 Å². The molecule has 0 bridgehead atoms. The van der Waals surface area contributed by atoms with Crippen molar-refractivity contribution < 1.29 is 22.3 Å². The van der Waals surface area contributed by atoms with E-state index in [0.717, 1.165) is 6.07 Å². The van der Waals surface area contributed by atoms with Crippen LogP contribution in [0.15, 0.2) is 77.7 Å². The summed E-state index contributed by atoms with van der Waals surface area (Å²) < 4.78 is 46.5. The van der Waals surface area contributed by atoms with Gasteiger partial charge in [-0.2, -0.15) is 0 Å². The number of para-hydroxylation sites is 2. The molecule has 0 aliphatic heterocycles. The number of anilines is 1. The zero-order valence-electron chi connectivity index (χ0n) is 15.6. The topological polar surface area (TPSA) is 84.5 Å². The van der Waals surface area contributed by atoms with Crippen molar-refractivity contribution in [1.82, 2.24) is 5.32 Å². The normalized spacial score (nSPS) is 11.0. The Kier molecular flexibility index (Phi) is 6.91. The predicted octanol–water partition coefficient (Wildman–Crippen LogP) is 4.09. The Morgan fingerprint density at radius 2 is 1.73 bits per heavy atom. The van der Waals surface area contributed by atoms with Crippen molar-refractivity contribution in [2.75, 3.05) is 17.9 Å². The first-order chi connectivity index (χ1) is 14.4. The molecule has 0 fully saturated rings. The number of carbonyl (C=O) groups excluding carboxylic acids is 1. The van der Waals surface area contributed by atoms with Gasteiger partial charge in [0.15, 0.2) is 0 Å². The van der Waals surface area contributed by atoms with Gasteiger partial charge >= 0.3 is 0 Å². The molecule has 0 spiro atoms. The molecule has 0 unspecified atom stereocenters. The highest BCUT2D eigenvalue weighted by Gasteiger charge is 2.18. The van der Waals surface area contributed by atoms with Crippen LogP contribution >= 0.6 is 11.6 Å². The Balaban J connectivity index is 1.62. The lowest BCUT2D eigenvalue weighted by atomic mass is 10.2. The third-order valence-corrected chi connectivity index (χ3v) is 5.68. The van der Waals surface area contributed by atoms with Gasteiger partial charge in [-0.15, -0.1) is 0 Å². The van der Waals surface area contributed by atoms with Gasteiger partial charge in [0, 0.05) is 5.56 Å². The fraction of sp³-hybridized carbons (Fsp3) is 0.0952. The van der Waals surface area contributed by atoms with Crippen LogP contribution in [0.2, 0.25) is 5.02 Å². The second-order valence-electron chi connectivity index (χ2n) is 6.15. The molecule has 156 valence electrons. The third kappa shape index (κ3) is 5.49. The van der Waals surface area contributed by atoms with Crippen molar-refractivity contribution in [2.24, 2.45) is 0 Å². The molecule has 3 rings (SSSR count). The van der Waals surface area contributed by atoms with E-state index in [1.54, 1.807) is 24.3 Å². The standard InChI is InChI=1S/C21H18ClFN2O4S/c22-17-8-1-4-11-20(17)29-13-12-24-21(26)15-6-5-7-16(14-15)30(27,28)25-19-10-3-2-9-18(19)23/h1-11,14,25H,12-13H2,(H,24,26). The van der Waals surface area contributed by atoms with Crippen LogP contribution in [0, 0.1) is 5.82 Å². The van der Waals surface area contributed by atoms with Crippen LogP contribution in [0.1, 0.15) is 10.4 Å². The Morgan fingerprint density at radius 1 is 1.00 bits per heavy atom. The molecule has 1 amide bonds. The average Bonchev–Trinajstić information content (AvgIpc) is 2.74. The number of sulfonamides is 1. The molecular formula is C21H18ClFN2O4S. The molecular weight excluding hydrogens is 431 g/mol. The lowest BCUT2D eigenvalue weighted by Crippen LogP contribution is -2.28. The molecule has 0 aromatic heterocycles. The van der Waals surface area contributed by atoms with Gasteiger partial charge in [-0.1, -0.05) is 41.9 Å². The number of ether oxygens (including phenoxy) is 1. The van der Waals surface area contributed by atoms with E-state index in [9.17, 15) is 17.6 Å². The number of benzene rings is 3. The molecule has 2 N–H and O–H groups in total. The molecule has 0 saturated carbocycles. The minimum atomic E-state index is -4.07.